The zero-order valence-corrected chi connectivity index (χ0v) is 16.3. The second kappa shape index (κ2) is 8.26. The molecule has 4 rings (SSSR count). The summed E-state index contributed by atoms with van der Waals surface area (Å²) in [6.45, 7) is 0.382. The first-order valence-corrected chi connectivity index (χ1v) is 9.42. The molecule has 0 radical (unpaired) electrons. The molecule has 4 aromatic rings. The molecule has 7 nitrogen and oxygen atoms in total. The van der Waals surface area contributed by atoms with Crippen LogP contribution in [0.15, 0.2) is 72.8 Å². The van der Waals surface area contributed by atoms with Crippen molar-refractivity contribution < 1.29 is 14.5 Å². The zero-order chi connectivity index (χ0) is 21.1. The van der Waals surface area contributed by atoms with Gasteiger partial charge in [-0.25, -0.2) is 0 Å². The van der Waals surface area contributed by atoms with Gasteiger partial charge in [-0.05, 0) is 35.9 Å². The van der Waals surface area contributed by atoms with Gasteiger partial charge in [-0.15, -0.1) is 0 Å². The van der Waals surface area contributed by atoms with Gasteiger partial charge in [0.05, 0.1) is 9.95 Å². The van der Waals surface area contributed by atoms with Gasteiger partial charge in [0.2, 0.25) is 0 Å². The average Bonchev–Trinajstić information content (AvgIpc) is 3.17. The van der Waals surface area contributed by atoms with E-state index in [0.717, 1.165) is 5.56 Å². The topological polar surface area (TPSA) is 97.3 Å². The maximum atomic E-state index is 12.6. The molecule has 0 aliphatic rings. The molecule has 1 heterocycles. The number of nitrogens with zero attached hydrogens (tertiary/aromatic N) is 1. The summed E-state index contributed by atoms with van der Waals surface area (Å²) in [6, 6.07) is 20.6. The molecule has 0 saturated carbocycles. The van der Waals surface area contributed by atoms with Crippen LogP contribution >= 0.6 is 11.6 Å². The number of carbonyl (C=O) groups is 1. The third-order valence-corrected chi connectivity index (χ3v) is 4.78. The van der Waals surface area contributed by atoms with E-state index in [0.29, 0.717) is 34.0 Å². The number of aromatic nitrogens is 1. The van der Waals surface area contributed by atoms with Crippen molar-refractivity contribution in [3.8, 4) is 5.75 Å². The third-order valence-electron chi connectivity index (χ3n) is 4.49. The van der Waals surface area contributed by atoms with Crippen molar-refractivity contribution in [1.29, 1.82) is 0 Å². The number of benzene rings is 3. The van der Waals surface area contributed by atoms with Crippen LogP contribution in [-0.4, -0.2) is 15.8 Å². The Morgan fingerprint density at radius 2 is 1.87 bits per heavy atom. The summed E-state index contributed by atoms with van der Waals surface area (Å²) in [5, 5.41) is 14.6. The lowest BCUT2D eigenvalue weighted by atomic mass is 10.2. The summed E-state index contributed by atoms with van der Waals surface area (Å²) in [5.74, 6) is 0.124. The quantitative estimate of drug-likeness (QED) is 0.314. The van der Waals surface area contributed by atoms with Crippen molar-refractivity contribution in [2.24, 2.45) is 0 Å². The number of hydrogen-bond donors (Lipinski definition) is 2. The monoisotopic (exact) mass is 421 g/mol. The first kappa shape index (κ1) is 19.5. The predicted molar refractivity (Wildman–Crippen MR) is 115 cm³/mol. The molecule has 30 heavy (non-hydrogen) atoms. The number of carbonyl (C=O) groups excluding carboxylic acids is 1. The van der Waals surface area contributed by atoms with Gasteiger partial charge in [0, 0.05) is 28.7 Å². The fourth-order valence-electron chi connectivity index (χ4n) is 2.99. The van der Waals surface area contributed by atoms with Crippen LogP contribution < -0.4 is 10.1 Å². The molecule has 0 aliphatic carbocycles. The number of fused-ring (bicyclic) bond motifs is 1. The molecule has 0 aliphatic heterocycles. The molecule has 0 atom stereocenters. The number of halogens is 1. The Hall–Kier alpha value is -3.84. The van der Waals surface area contributed by atoms with Gasteiger partial charge in [0.15, 0.2) is 0 Å². The third kappa shape index (κ3) is 4.26. The van der Waals surface area contributed by atoms with E-state index in [4.69, 9.17) is 16.3 Å². The lowest BCUT2D eigenvalue weighted by Crippen LogP contribution is -2.12. The van der Waals surface area contributed by atoms with Crippen LogP contribution in [0.3, 0.4) is 0 Å². The summed E-state index contributed by atoms with van der Waals surface area (Å²) in [4.78, 5) is 25.9. The van der Waals surface area contributed by atoms with Crippen LogP contribution in [0.4, 0.5) is 11.4 Å². The fraction of sp³-hybridized carbons (Fsp3) is 0.0455. The Kier molecular flexibility index (Phi) is 5.36. The number of ether oxygens (including phenoxy) is 1. The van der Waals surface area contributed by atoms with E-state index in [2.05, 4.69) is 10.3 Å². The van der Waals surface area contributed by atoms with Gasteiger partial charge in [0.1, 0.15) is 18.1 Å². The van der Waals surface area contributed by atoms with Gasteiger partial charge in [-0.3, -0.25) is 14.9 Å². The lowest BCUT2D eigenvalue weighted by molar-refractivity contribution is -0.384. The molecule has 1 amide bonds. The van der Waals surface area contributed by atoms with Crippen molar-refractivity contribution in [3.63, 3.8) is 0 Å². The maximum absolute atomic E-state index is 12.6. The second-order valence-corrected chi connectivity index (χ2v) is 6.99. The molecular weight excluding hydrogens is 406 g/mol. The molecular formula is C22H16ClN3O4. The van der Waals surface area contributed by atoms with E-state index in [-0.39, 0.29) is 17.3 Å². The van der Waals surface area contributed by atoms with E-state index >= 15 is 0 Å². The number of nitrogens with one attached hydrogen (secondary N) is 2. The number of H-pyrrole nitrogens is 1. The summed E-state index contributed by atoms with van der Waals surface area (Å²) in [6.07, 6.45) is 0. The number of anilines is 1. The largest absolute Gasteiger partial charge is 0.487 e. The minimum absolute atomic E-state index is 0.0358. The molecule has 1 aromatic heterocycles. The lowest BCUT2D eigenvalue weighted by Gasteiger charge is -2.10. The minimum Gasteiger partial charge on any atom is -0.487 e. The zero-order valence-electron chi connectivity index (χ0n) is 15.6. The summed E-state index contributed by atoms with van der Waals surface area (Å²) in [7, 11) is 0. The number of nitro groups is 1. The predicted octanol–water partition coefficient (Wildman–Crippen LogP) is 5.56. The maximum Gasteiger partial charge on any atom is 0.272 e. The summed E-state index contributed by atoms with van der Waals surface area (Å²) >= 11 is 6.29. The van der Waals surface area contributed by atoms with Crippen molar-refractivity contribution in [2.75, 3.05) is 5.32 Å². The Bertz CT molecular complexity index is 1240. The molecule has 0 unspecified atom stereocenters. The first-order chi connectivity index (χ1) is 14.5. The highest BCUT2D eigenvalue weighted by molar-refractivity contribution is 6.32. The number of nitro benzene ring substituents is 1. The van der Waals surface area contributed by atoms with Crippen LogP contribution in [0.5, 0.6) is 5.75 Å². The Balaban J connectivity index is 1.46. The molecule has 8 heteroatoms. The van der Waals surface area contributed by atoms with Crippen molar-refractivity contribution >= 4 is 39.8 Å². The molecule has 0 bridgehead atoms. The van der Waals surface area contributed by atoms with E-state index in [1.54, 1.807) is 30.3 Å². The number of amides is 1. The van der Waals surface area contributed by atoms with Crippen LogP contribution in [0.2, 0.25) is 5.02 Å². The minimum atomic E-state index is -0.477. The van der Waals surface area contributed by atoms with E-state index in [1.165, 1.54) is 12.1 Å². The first-order valence-electron chi connectivity index (χ1n) is 9.04. The van der Waals surface area contributed by atoms with Crippen molar-refractivity contribution in [1.82, 2.24) is 4.98 Å². The van der Waals surface area contributed by atoms with E-state index < -0.39 is 4.92 Å². The SMILES string of the molecule is O=C(Nc1ccc(OCc2ccccc2)c(Cl)c1)c1cc2cc([N+](=O)[O-])ccc2[nH]1. The number of rotatable bonds is 6. The Labute approximate surface area is 176 Å². The van der Waals surface area contributed by atoms with Gasteiger partial charge in [0.25, 0.3) is 11.6 Å². The van der Waals surface area contributed by atoms with Gasteiger partial charge in [-0.2, -0.15) is 0 Å². The smallest absolute Gasteiger partial charge is 0.272 e. The number of aromatic amines is 1. The highest BCUT2D eigenvalue weighted by atomic mass is 35.5. The van der Waals surface area contributed by atoms with Crippen LogP contribution in [-0.2, 0) is 6.61 Å². The number of hydrogen-bond acceptors (Lipinski definition) is 4. The Morgan fingerprint density at radius 3 is 2.60 bits per heavy atom. The standard InChI is InChI=1S/C22H16ClN3O4/c23-18-12-16(6-9-21(18)30-13-14-4-2-1-3-5-14)24-22(27)20-11-15-10-17(26(28)29)7-8-19(15)25-20/h1-12,25H,13H2,(H,24,27). The average molecular weight is 422 g/mol. The molecule has 150 valence electrons. The number of non-ortho nitro benzene ring substituents is 1. The summed E-state index contributed by atoms with van der Waals surface area (Å²) in [5.41, 5.74) is 2.40. The summed E-state index contributed by atoms with van der Waals surface area (Å²) < 4.78 is 5.73. The molecule has 2 N–H and O–H groups in total. The van der Waals surface area contributed by atoms with Gasteiger partial charge >= 0.3 is 0 Å². The van der Waals surface area contributed by atoms with Crippen LogP contribution in [0.25, 0.3) is 10.9 Å². The Morgan fingerprint density at radius 1 is 1.07 bits per heavy atom. The van der Waals surface area contributed by atoms with Crippen LogP contribution in [0.1, 0.15) is 16.1 Å². The van der Waals surface area contributed by atoms with Crippen molar-refractivity contribution in [3.05, 3.63) is 99.2 Å². The molecule has 0 saturated heterocycles. The van der Waals surface area contributed by atoms with E-state index in [9.17, 15) is 14.9 Å². The van der Waals surface area contributed by atoms with Crippen LogP contribution in [0, 0.1) is 10.1 Å². The molecule has 0 fully saturated rings. The highest BCUT2D eigenvalue weighted by Crippen LogP contribution is 2.29. The van der Waals surface area contributed by atoms with E-state index in [1.807, 2.05) is 30.3 Å². The molecule has 0 spiro atoms. The van der Waals surface area contributed by atoms with Gasteiger partial charge < -0.3 is 15.0 Å². The van der Waals surface area contributed by atoms with Gasteiger partial charge in [-0.1, -0.05) is 41.9 Å². The normalized spacial score (nSPS) is 10.7. The second-order valence-electron chi connectivity index (χ2n) is 6.59. The van der Waals surface area contributed by atoms with Crippen molar-refractivity contribution in [2.45, 2.75) is 6.61 Å². The fourth-order valence-corrected chi connectivity index (χ4v) is 3.22. The highest BCUT2D eigenvalue weighted by Gasteiger charge is 2.14. The molecule has 3 aromatic carbocycles.